The highest BCUT2D eigenvalue weighted by Crippen LogP contribution is 2.47. The Balaban J connectivity index is 1.92. The van der Waals surface area contributed by atoms with Gasteiger partial charge in [-0.1, -0.05) is 49.9 Å². The van der Waals surface area contributed by atoms with Gasteiger partial charge in [0.15, 0.2) is 0 Å². The van der Waals surface area contributed by atoms with E-state index in [0.717, 1.165) is 50.5 Å². The number of nitrogens with zero attached hydrogens (tertiary/aromatic N) is 1. The molecule has 1 N–H and O–H groups in total. The zero-order valence-electron chi connectivity index (χ0n) is 13.8. The molecule has 1 amide bonds. The largest absolute Gasteiger partial charge is 0.355 e. The maximum absolute atomic E-state index is 12.5. The number of rotatable bonds is 7. The van der Waals surface area contributed by atoms with E-state index in [-0.39, 0.29) is 11.3 Å². The molecule has 1 saturated carbocycles. The highest BCUT2D eigenvalue weighted by molar-refractivity contribution is 6.30. The number of nitrogens with one attached hydrogen (secondary N) is 1. The summed E-state index contributed by atoms with van der Waals surface area (Å²) >= 11 is 5.87. The molecule has 0 radical (unpaired) electrons. The van der Waals surface area contributed by atoms with Crippen molar-refractivity contribution in [1.82, 2.24) is 5.32 Å². The Kier molecular flexibility index (Phi) is 6.47. The van der Waals surface area contributed by atoms with E-state index < -0.39 is 5.92 Å². The normalized spacial score (nSPS) is 17.4. The summed E-state index contributed by atoms with van der Waals surface area (Å²) in [7, 11) is 0. The van der Waals surface area contributed by atoms with E-state index >= 15 is 0 Å². The van der Waals surface area contributed by atoms with Crippen molar-refractivity contribution in [3.05, 3.63) is 34.9 Å². The molecule has 0 aliphatic heterocycles. The van der Waals surface area contributed by atoms with E-state index in [1.807, 2.05) is 24.3 Å². The maximum Gasteiger partial charge on any atom is 0.237 e. The maximum atomic E-state index is 12.5. The molecular weight excluding hydrogens is 308 g/mol. The molecule has 1 unspecified atom stereocenters. The van der Waals surface area contributed by atoms with E-state index in [0.29, 0.717) is 11.6 Å². The van der Waals surface area contributed by atoms with Gasteiger partial charge in [-0.05, 0) is 48.8 Å². The molecule has 1 aliphatic carbocycles. The Morgan fingerprint density at radius 1 is 1.35 bits per heavy atom. The van der Waals surface area contributed by atoms with Crippen LogP contribution in [0.15, 0.2) is 24.3 Å². The lowest BCUT2D eigenvalue weighted by molar-refractivity contribution is -0.127. The van der Waals surface area contributed by atoms with Crippen LogP contribution in [0, 0.1) is 22.7 Å². The molecule has 1 fully saturated rings. The topological polar surface area (TPSA) is 52.9 Å². The van der Waals surface area contributed by atoms with Gasteiger partial charge in [-0.3, -0.25) is 4.79 Å². The summed E-state index contributed by atoms with van der Waals surface area (Å²) in [6.45, 7) is 2.69. The van der Waals surface area contributed by atoms with Crippen LogP contribution in [-0.2, 0) is 11.2 Å². The number of benzene rings is 1. The van der Waals surface area contributed by atoms with Gasteiger partial charge in [-0.2, -0.15) is 5.26 Å². The third-order valence-corrected chi connectivity index (χ3v) is 5.23. The van der Waals surface area contributed by atoms with Gasteiger partial charge >= 0.3 is 0 Å². The van der Waals surface area contributed by atoms with E-state index in [1.165, 1.54) is 0 Å². The Bertz CT molecular complexity index is 556. The molecule has 2 rings (SSSR count). The molecule has 23 heavy (non-hydrogen) atoms. The average Bonchev–Trinajstić information content (AvgIpc) is 2.99. The number of nitriles is 1. The van der Waals surface area contributed by atoms with Crippen LogP contribution in [0.1, 0.15) is 51.0 Å². The summed E-state index contributed by atoms with van der Waals surface area (Å²) in [6, 6.07) is 9.93. The molecule has 3 nitrogen and oxygen atoms in total. The third kappa shape index (κ3) is 4.48. The smallest absolute Gasteiger partial charge is 0.237 e. The molecule has 124 valence electrons. The first-order chi connectivity index (χ1) is 11.1. The molecule has 4 heteroatoms. The zero-order valence-corrected chi connectivity index (χ0v) is 14.5. The van der Waals surface area contributed by atoms with Crippen LogP contribution in [0.25, 0.3) is 0 Å². The fourth-order valence-corrected chi connectivity index (χ4v) is 3.94. The van der Waals surface area contributed by atoms with E-state index in [9.17, 15) is 10.1 Å². The number of carbonyl (C=O) groups excluding carboxylic acids is 1. The fourth-order valence-electron chi connectivity index (χ4n) is 3.82. The molecular formula is C19H25ClN2O. The van der Waals surface area contributed by atoms with Crippen LogP contribution in [0.2, 0.25) is 5.02 Å². The first-order valence-electron chi connectivity index (χ1n) is 8.53. The third-order valence-electron chi connectivity index (χ3n) is 4.98. The van der Waals surface area contributed by atoms with Crippen molar-refractivity contribution in [3.8, 4) is 6.07 Å². The first kappa shape index (κ1) is 17.8. The van der Waals surface area contributed by atoms with Crippen LogP contribution in [0.4, 0.5) is 0 Å². The van der Waals surface area contributed by atoms with Crippen LogP contribution in [0.3, 0.4) is 0 Å². The molecule has 1 aromatic carbocycles. The van der Waals surface area contributed by atoms with Crippen molar-refractivity contribution in [1.29, 1.82) is 5.26 Å². The van der Waals surface area contributed by atoms with Crippen molar-refractivity contribution >= 4 is 17.5 Å². The van der Waals surface area contributed by atoms with Crippen molar-refractivity contribution in [3.63, 3.8) is 0 Å². The predicted octanol–water partition coefficient (Wildman–Crippen LogP) is 4.50. The molecule has 0 bridgehead atoms. The fraction of sp³-hybridized carbons (Fsp3) is 0.579. The van der Waals surface area contributed by atoms with Crippen LogP contribution in [-0.4, -0.2) is 12.5 Å². The SMILES string of the molecule is CCCC1(C(C#N)C(=O)NCCc2ccc(Cl)cc2)CCCC1. The molecule has 0 aromatic heterocycles. The van der Waals surface area contributed by atoms with Crippen LogP contribution >= 0.6 is 11.6 Å². The molecule has 1 aliphatic rings. The van der Waals surface area contributed by atoms with Gasteiger partial charge in [0.25, 0.3) is 0 Å². The van der Waals surface area contributed by atoms with Gasteiger partial charge < -0.3 is 5.32 Å². The van der Waals surface area contributed by atoms with Gasteiger partial charge in [0.05, 0.1) is 6.07 Å². The lowest BCUT2D eigenvalue weighted by Gasteiger charge is -2.32. The van der Waals surface area contributed by atoms with Gasteiger partial charge in [0.2, 0.25) is 5.91 Å². The van der Waals surface area contributed by atoms with E-state index in [4.69, 9.17) is 11.6 Å². The summed E-state index contributed by atoms with van der Waals surface area (Å²) in [4.78, 5) is 12.5. The Morgan fingerprint density at radius 3 is 2.57 bits per heavy atom. The van der Waals surface area contributed by atoms with E-state index in [1.54, 1.807) is 0 Å². The van der Waals surface area contributed by atoms with Crippen molar-refractivity contribution in [2.75, 3.05) is 6.54 Å². The number of hydrogen-bond donors (Lipinski definition) is 1. The van der Waals surface area contributed by atoms with Crippen LogP contribution in [0.5, 0.6) is 0 Å². The Labute approximate surface area is 144 Å². The number of amides is 1. The van der Waals surface area contributed by atoms with Crippen LogP contribution < -0.4 is 5.32 Å². The van der Waals surface area contributed by atoms with E-state index in [2.05, 4.69) is 18.3 Å². The summed E-state index contributed by atoms with van der Waals surface area (Å²) in [5.41, 5.74) is 1.03. The van der Waals surface area contributed by atoms with Gasteiger partial charge in [0.1, 0.15) is 5.92 Å². The van der Waals surface area contributed by atoms with Gasteiger partial charge in [-0.25, -0.2) is 0 Å². The van der Waals surface area contributed by atoms with Crippen molar-refractivity contribution in [2.24, 2.45) is 11.3 Å². The molecule has 0 heterocycles. The molecule has 0 spiro atoms. The second kappa shape index (κ2) is 8.36. The summed E-state index contributed by atoms with van der Waals surface area (Å²) in [6.07, 6.45) is 7.02. The standard InChI is InChI=1S/C19H25ClN2O/c1-2-10-19(11-3-4-12-19)17(14-21)18(23)22-13-9-15-5-7-16(20)8-6-15/h5-8,17H,2-4,9-13H2,1H3,(H,22,23). The van der Waals surface area contributed by atoms with Gasteiger partial charge in [0, 0.05) is 11.6 Å². The average molecular weight is 333 g/mol. The highest BCUT2D eigenvalue weighted by Gasteiger charge is 2.44. The first-order valence-corrected chi connectivity index (χ1v) is 8.91. The minimum Gasteiger partial charge on any atom is -0.355 e. The highest BCUT2D eigenvalue weighted by atomic mass is 35.5. The Hall–Kier alpha value is -1.53. The number of halogens is 1. The Morgan fingerprint density at radius 2 is 2.00 bits per heavy atom. The number of hydrogen-bond acceptors (Lipinski definition) is 2. The summed E-state index contributed by atoms with van der Waals surface area (Å²) < 4.78 is 0. The second-order valence-electron chi connectivity index (χ2n) is 6.55. The second-order valence-corrected chi connectivity index (χ2v) is 6.99. The molecule has 0 saturated heterocycles. The minimum atomic E-state index is -0.518. The molecule has 1 atom stereocenters. The predicted molar refractivity (Wildman–Crippen MR) is 93.1 cm³/mol. The quantitative estimate of drug-likeness (QED) is 0.799. The summed E-state index contributed by atoms with van der Waals surface area (Å²) in [5, 5.41) is 13.2. The summed E-state index contributed by atoms with van der Waals surface area (Å²) in [5.74, 6) is -0.619. The monoisotopic (exact) mass is 332 g/mol. The lowest BCUT2D eigenvalue weighted by Crippen LogP contribution is -2.40. The molecule has 1 aromatic rings. The zero-order chi connectivity index (χ0) is 16.7. The van der Waals surface area contributed by atoms with Crippen molar-refractivity contribution < 1.29 is 4.79 Å². The van der Waals surface area contributed by atoms with Gasteiger partial charge in [-0.15, -0.1) is 0 Å². The minimum absolute atomic E-state index is 0.100. The number of carbonyl (C=O) groups is 1. The van der Waals surface area contributed by atoms with Crippen molar-refractivity contribution in [2.45, 2.75) is 51.9 Å². The lowest BCUT2D eigenvalue weighted by atomic mass is 9.71.